The lowest BCUT2D eigenvalue weighted by Crippen LogP contribution is -2.40. The molecule has 0 aromatic heterocycles. The number of amides is 1. The molecule has 0 saturated carbocycles. The topological polar surface area (TPSA) is 55.8 Å². The highest BCUT2D eigenvalue weighted by Crippen LogP contribution is 2.37. The van der Waals surface area contributed by atoms with Crippen molar-refractivity contribution in [1.82, 2.24) is 4.90 Å². The van der Waals surface area contributed by atoms with E-state index in [2.05, 4.69) is 0 Å². The molecule has 0 unspecified atom stereocenters. The second-order valence-corrected chi connectivity index (χ2v) is 6.17. The van der Waals surface area contributed by atoms with Gasteiger partial charge >= 0.3 is 12.1 Å². The van der Waals surface area contributed by atoms with Crippen LogP contribution in [-0.2, 0) is 14.3 Å². The Labute approximate surface area is 115 Å². The number of rotatable bonds is 3. The maximum atomic E-state index is 12.0. The molecule has 5 heteroatoms. The molecule has 1 saturated heterocycles. The van der Waals surface area contributed by atoms with E-state index in [4.69, 9.17) is 9.47 Å². The quantitative estimate of drug-likeness (QED) is 0.740. The molecule has 0 spiro atoms. The third-order valence-corrected chi connectivity index (χ3v) is 3.35. The number of carbonyl (C=O) groups is 2. The number of hydrogen-bond donors (Lipinski definition) is 0. The van der Waals surface area contributed by atoms with Gasteiger partial charge in [-0.2, -0.15) is 0 Å². The SMILES string of the molecule is CCC[C@]1(C(=O)OC)CCN(C(=O)OC(C)(C)C)C1. The van der Waals surface area contributed by atoms with Crippen molar-refractivity contribution in [3.05, 3.63) is 0 Å². The summed E-state index contributed by atoms with van der Waals surface area (Å²) in [7, 11) is 1.40. The zero-order valence-electron chi connectivity index (χ0n) is 12.6. The molecule has 0 bridgehead atoms. The van der Waals surface area contributed by atoms with Crippen molar-refractivity contribution in [2.45, 2.75) is 52.6 Å². The Morgan fingerprint density at radius 3 is 2.42 bits per heavy atom. The van der Waals surface area contributed by atoms with Gasteiger partial charge in [-0.05, 0) is 33.6 Å². The second kappa shape index (κ2) is 5.80. The van der Waals surface area contributed by atoms with Crippen molar-refractivity contribution in [3.63, 3.8) is 0 Å². The lowest BCUT2D eigenvalue weighted by Gasteiger charge is -2.27. The first kappa shape index (κ1) is 15.8. The van der Waals surface area contributed by atoms with Gasteiger partial charge in [-0.25, -0.2) is 4.79 Å². The summed E-state index contributed by atoms with van der Waals surface area (Å²) in [4.78, 5) is 25.6. The summed E-state index contributed by atoms with van der Waals surface area (Å²) in [5.74, 6) is -0.222. The summed E-state index contributed by atoms with van der Waals surface area (Å²) < 4.78 is 10.2. The Hall–Kier alpha value is -1.26. The second-order valence-electron chi connectivity index (χ2n) is 6.17. The molecule has 0 N–H and O–H groups in total. The van der Waals surface area contributed by atoms with E-state index in [1.165, 1.54) is 7.11 Å². The van der Waals surface area contributed by atoms with Crippen LogP contribution in [0.3, 0.4) is 0 Å². The fourth-order valence-electron chi connectivity index (χ4n) is 2.52. The van der Waals surface area contributed by atoms with Gasteiger partial charge in [-0.15, -0.1) is 0 Å². The van der Waals surface area contributed by atoms with E-state index in [-0.39, 0.29) is 12.1 Å². The number of esters is 1. The number of methoxy groups -OCH3 is 1. The minimum absolute atomic E-state index is 0.222. The van der Waals surface area contributed by atoms with Gasteiger partial charge in [0.15, 0.2) is 0 Å². The number of carbonyl (C=O) groups excluding carboxylic acids is 2. The Bertz CT molecular complexity index is 348. The van der Waals surface area contributed by atoms with Crippen LogP contribution in [-0.4, -0.2) is 42.8 Å². The minimum atomic E-state index is -0.555. The number of nitrogens with zero attached hydrogens (tertiary/aromatic N) is 1. The zero-order chi connectivity index (χ0) is 14.7. The molecule has 1 aliphatic rings. The Balaban J connectivity index is 2.74. The van der Waals surface area contributed by atoms with Crippen LogP contribution in [0.1, 0.15) is 47.0 Å². The molecule has 1 rings (SSSR count). The number of likely N-dealkylation sites (tertiary alicyclic amines) is 1. The van der Waals surface area contributed by atoms with Gasteiger partial charge in [-0.1, -0.05) is 13.3 Å². The number of hydrogen-bond acceptors (Lipinski definition) is 4. The summed E-state index contributed by atoms with van der Waals surface area (Å²) in [6.45, 7) is 8.47. The molecule has 0 aromatic carbocycles. The van der Waals surface area contributed by atoms with Crippen LogP contribution < -0.4 is 0 Å². The fraction of sp³-hybridized carbons (Fsp3) is 0.857. The molecule has 1 fully saturated rings. The Morgan fingerprint density at radius 1 is 1.32 bits per heavy atom. The summed E-state index contributed by atoms with van der Waals surface area (Å²) in [6, 6.07) is 0. The van der Waals surface area contributed by atoms with Crippen LogP contribution >= 0.6 is 0 Å². The van der Waals surface area contributed by atoms with Gasteiger partial charge in [0.25, 0.3) is 0 Å². The first-order valence-corrected chi connectivity index (χ1v) is 6.80. The lowest BCUT2D eigenvalue weighted by atomic mass is 9.82. The minimum Gasteiger partial charge on any atom is -0.469 e. The fourth-order valence-corrected chi connectivity index (χ4v) is 2.52. The van der Waals surface area contributed by atoms with E-state index in [1.807, 2.05) is 27.7 Å². The zero-order valence-corrected chi connectivity index (χ0v) is 12.6. The number of ether oxygens (including phenoxy) is 2. The average molecular weight is 271 g/mol. The van der Waals surface area contributed by atoms with Crippen molar-refractivity contribution >= 4 is 12.1 Å². The smallest absolute Gasteiger partial charge is 0.410 e. The van der Waals surface area contributed by atoms with Crippen LogP contribution in [0, 0.1) is 5.41 Å². The van der Waals surface area contributed by atoms with Crippen molar-refractivity contribution < 1.29 is 19.1 Å². The predicted octanol–water partition coefficient (Wildman–Crippen LogP) is 2.59. The monoisotopic (exact) mass is 271 g/mol. The third-order valence-electron chi connectivity index (χ3n) is 3.35. The molecule has 5 nitrogen and oxygen atoms in total. The Morgan fingerprint density at radius 2 is 1.95 bits per heavy atom. The molecule has 0 aromatic rings. The summed E-state index contributed by atoms with van der Waals surface area (Å²) in [5.41, 5.74) is -1.07. The normalized spacial score (nSPS) is 23.3. The van der Waals surface area contributed by atoms with Crippen molar-refractivity contribution in [1.29, 1.82) is 0 Å². The van der Waals surface area contributed by atoms with Crippen molar-refractivity contribution in [2.24, 2.45) is 5.41 Å². The van der Waals surface area contributed by atoms with E-state index in [9.17, 15) is 9.59 Å². The van der Waals surface area contributed by atoms with E-state index in [0.717, 1.165) is 12.8 Å². The first-order valence-electron chi connectivity index (χ1n) is 6.80. The largest absolute Gasteiger partial charge is 0.469 e. The van der Waals surface area contributed by atoms with E-state index >= 15 is 0 Å². The van der Waals surface area contributed by atoms with Crippen LogP contribution in [0.25, 0.3) is 0 Å². The highest BCUT2D eigenvalue weighted by atomic mass is 16.6. The maximum absolute atomic E-state index is 12.0. The van der Waals surface area contributed by atoms with E-state index in [1.54, 1.807) is 4.90 Å². The molecule has 1 aliphatic heterocycles. The highest BCUT2D eigenvalue weighted by Gasteiger charge is 2.47. The molecular weight excluding hydrogens is 246 g/mol. The van der Waals surface area contributed by atoms with Crippen LogP contribution in [0.4, 0.5) is 4.79 Å². The molecule has 0 radical (unpaired) electrons. The summed E-state index contributed by atoms with van der Waals surface area (Å²) in [5, 5.41) is 0. The average Bonchev–Trinajstić information content (AvgIpc) is 2.72. The molecule has 0 aliphatic carbocycles. The van der Waals surface area contributed by atoms with Crippen molar-refractivity contribution in [2.75, 3.05) is 20.2 Å². The standard InChI is InChI=1S/C14H25NO4/c1-6-7-14(11(16)18-5)8-9-15(10-14)12(17)19-13(2,3)4/h6-10H2,1-5H3/t14-/m0/s1. The highest BCUT2D eigenvalue weighted by molar-refractivity contribution is 5.79. The van der Waals surface area contributed by atoms with Crippen LogP contribution in [0.5, 0.6) is 0 Å². The van der Waals surface area contributed by atoms with Gasteiger partial charge in [0, 0.05) is 13.1 Å². The molecule has 1 atom stereocenters. The van der Waals surface area contributed by atoms with Gasteiger partial charge in [0.2, 0.25) is 0 Å². The van der Waals surface area contributed by atoms with Gasteiger partial charge in [0.05, 0.1) is 12.5 Å². The molecule has 1 heterocycles. The lowest BCUT2D eigenvalue weighted by molar-refractivity contribution is -0.152. The summed E-state index contributed by atoms with van der Waals surface area (Å²) >= 11 is 0. The van der Waals surface area contributed by atoms with Crippen LogP contribution in [0.15, 0.2) is 0 Å². The molecule has 1 amide bonds. The van der Waals surface area contributed by atoms with Gasteiger partial charge < -0.3 is 14.4 Å². The van der Waals surface area contributed by atoms with E-state index in [0.29, 0.717) is 19.5 Å². The maximum Gasteiger partial charge on any atom is 0.410 e. The molecule has 110 valence electrons. The van der Waals surface area contributed by atoms with E-state index < -0.39 is 11.0 Å². The third kappa shape index (κ3) is 3.85. The van der Waals surface area contributed by atoms with Gasteiger partial charge in [-0.3, -0.25) is 4.79 Å². The molecular formula is C14H25NO4. The van der Waals surface area contributed by atoms with Gasteiger partial charge in [0.1, 0.15) is 5.60 Å². The summed E-state index contributed by atoms with van der Waals surface area (Å²) in [6.07, 6.45) is 1.91. The van der Waals surface area contributed by atoms with Crippen molar-refractivity contribution in [3.8, 4) is 0 Å². The molecule has 19 heavy (non-hydrogen) atoms. The first-order chi connectivity index (χ1) is 8.74. The predicted molar refractivity (Wildman–Crippen MR) is 71.8 cm³/mol. The Kier molecular flexibility index (Phi) is 4.82. The van der Waals surface area contributed by atoms with Crippen LogP contribution in [0.2, 0.25) is 0 Å².